The van der Waals surface area contributed by atoms with E-state index in [0.29, 0.717) is 11.6 Å². The van der Waals surface area contributed by atoms with Crippen LogP contribution in [0.25, 0.3) is 22.5 Å². The van der Waals surface area contributed by atoms with Crippen molar-refractivity contribution in [2.24, 2.45) is 0 Å². The summed E-state index contributed by atoms with van der Waals surface area (Å²) in [5.74, 6) is -0.276. The van der Waals surface area contributed by atoms with Gasteiger partial charge in [0.25, 0.3) is 5.91 Å². The van der Waals surface area contributed by atoms with Gasteiger partial charge in [-0.3, -0.25) is 9.89 Å². The molecule has 0 spiro atoms. The molecule has 6 heteroatoms. The number of carbonyl (C=O) groups excluding carboxylic acids is 1. The van der Waals surface area contributed by atoms with Crippen LogP contribution in [-0.2, 0) is 6.54 Å². The number of nitrogens with zero attached hydrogens (tertiary/aromatic N) is 2. The van der Waals surface area contributed by atoms with Gasteiger partial charge in [0.15, 0.2) is 0 Å². The van der Waals surface area contributed by atoms with E-state index in [1.165, 1.54) is 5.56 Å². The molecule has 1 amide bonds. The molecule has 0 aliphatic rings. The number of hydrogen-bond acceptors (Lipinski definition) is 4. The summed E-state index contributed by atoms with van der Waals surface area (Å²) in [6.45, 7) is 6.74. The Morgan fingerprint density at radius 3 is 2.55 bits per heavy atom. The van der Waals surface area contributed by atoms with Gasteiger partial charge in [0.05, 0.1) is 17.5 Å². The summed E-state index contributed by atoms with van der Waals surface area (Å²) in [7, 11) is 0. The molecule has 3 N–H and O–H groups in total. The highest BCUT2D eigenvalue weighted by molar-refractivity contribution is 5.95. The van der Waals surface area contributed by atoms with E-state index in [-0.39, 0.29) is 5.91 Å². The molecule has 3 rings (SSSR count). The van der Waals surface area contributed by atoms with E-state index in [1.54, 1.807) is 19.1 Å². The number of carbonyl (C=O) groups is 1. The van der Waals surface area contributed by atoms with Crippen molar-refractivity contribution in [1.29, 1.82) is 5.26 Å². The van der Waals surface area contributed by atoms with Crippen LogP contribution in [0.2, 0.25) is 0 Å². The molecule has 1 atom stereocenters. The minimum Gasteiger partial charge on any atom is -0.337 e. The van der Waals surface area contributed by atoms with Gasteiger partial charge in [0.2, 0.25) is 0 Å². The number of nitriles is 1. The van der Waals surface area contributed by atoms with Gasteiger partial charge in [0.1, 0.15) is 6.04 Å². The topological polar surface area (TPSA) is 93.6 Å². The lowest BCUT2D eigenvalue weighted by Crippen LogP contribution is -2.31. The van der Waals surface area contributed by atoms with E-state index in [0.717, 1.165) is 29.1 Å². The maximum absolute atomic E-state index is 12.3. The molecule has 1 heterocycles. The molecule has 29 heavy (non-hydrogen) atoms. The summed E-state index contributed by atoms with van der Waals surface area (Å²) in [5, 5.41) is 22.4. The number of aromatic amines is 1. The van der Waals surface area contributed by atoms with Gasteiger partial charge >= 0.3 is 0 Å². The quantitative estimate of drug-likeness (QED) is 0.573. The predicted molar refractivity (Wildman–Crippen MR) is 114 cm³/mol. The second-order valence-electron chi connectivity index (χ2n) is 7.30. The lowest BCUT2D eigenvalue weighted by Gasteiger charge is -2.08. The van der Waals surface area contributed by atoms with Gasteiger partial charge in [-0.05, 0) is 36.2 Å². The van der Waals surface area contributed by atoms with Crippen LogP contribution in [-0.4, -0.2) is 28.2 Å². The largest absolute Gasteiger partial charge is 0.337 e. The number of hydrogen-bond donors (Lipinski definition) is 3. The second kappa shape index (κ2) is 9.18. The highest BCUT2D eigenvalue weighted by Gasteiger charge is 2.12. The zero-order chi connectivity index (χ0) is 20.8. The van der Waals surface area contributed by atoms with Crippen LogP contribution in [0.3, 0.4) is 0 Å². The van der Waals surface area contributed by atoms with Crippen molar-refractivity contribution in [3.05, 3.63) is 65.7 Å². The molecule has 0 saturated carbocycles. The van der Waals surface area contributed by atoms with Crippen LogP contribution in [0.1, 0.15) is 36.7 Å². The Hall–Kier alpha value is -3.43. The molecule has 1 aromatic heterocycles. The van der Waals surface area contributed by atoms with Crippen molar-refractivity contribution in [2.45, 2.75) is 39.4 Å². The zero-order valence-corrected chi connectivity index (χ0v) is 16.9. The van der Waals surface area contributed by atoms with E-state index in [2.05, 4.69) is 58.9 Å². The molecule has 3 aromatic rings. The summed E-state index contributed by atoms with van der Waals surface area (Å²) in [6, 6.07) is 19.4. The molecule has 2 aromatic carbocycles. The number of H-pyrrole nitrogens is 1. The molecule has 6 nitrogen and oxygen atoms in total. The van der Waals surface area contributed by atoms with Gasteiger partial charge in [-0.2, -0.15) is 10.4 Å². The van der Waals surface area contributed by atoms with E-state index in [9.17, 15) is 4.79 Å². The first-order valence-electron chi connectivity index (χ1n) is 9.65. The third-order valence-corrected chi connectivity index (χ3v) is 4.52. The summed E-state index contributed by atoms with van der Waals surface area (Å²) in [4.78, 5) is 12.3. The summed E-state index contributed by atoms with van der Waals surface area (Å²) >= 11 is 0. The Morgan fingerprint density at radius 2 is 1.86 bits per heavy atom. The minimum atomic E-state index is -0.540. The van der Waals surface area contributed by atoms with Gasteiger partial charge in [-0.15, -0.1) is 0 Å². The average Bonchev–Trinajstić information content (AvgIpc) is 3.23. The highest BCUT2D eigenvalue weighted by atomic mass is 16.1. The van der Waals surface area contributed by atoms with Crippen molar-refractivity contribution in [3.63, 3.8) is 0 Å². The van der Waals surface area contributed by atoms with Crippen LogP contribution < -0.4 is 10.6 Å². The fraction of sp³-hybridized carbons (Fsp3) is 0.261. The van der Waals surface area contributed by atoms with Crippen LogP contribution in [0, 0.1) is 11.3 Å². The van der Waals surface area contributed by atoms with Gasteiger partial charge in [-0.1, -0.05) is 50.2 Å². The summed E-state index contributed by atoms with van der Waals surface area (Å²) < 4.78 is 0. The second-order valence-corrected chi connectivity index (χ2v) is 7.30. The summed E-state index contributed by atoms with van der Waals surface area (Å²) in [6.07, 6.45) is 0. The first kappa shape index (κ1) is 20.3. The van der Waals surface area contributed by atoms with Crippen molar-refractivity contribution < 1.29 is 4.79 Å². The molecule has 0 aliphatic carbocycles. The third-order valence-electron chi connectivity index (χ3n) is 4.52. The number of aromatic nitrogens is 2. The molecule has 0 unspecified atom stereocenters. The predicted octanol–water partition coefficient (Wildman–Crippen LogP) is 3.88. The number of rotatable bonds is 7. The fourth-order valence-corrected chi connectivity index (χ4v) is 2.87. The van der Waals surface area contributed by atoms with Gasteiger partial charge in [0, 0.05) is 23.7 Å². The SMILES string of the molecule is CC(C)NCc1ccc(-c2cc(-c3cccc(C(=O)N[C@H](C)C#N)c3)n[nH]2)cc1. The van der Waals surface area contributed by atoms with E-state index < -0.39 is 6.04 Å². The number of amides is 1. The van der Waals surface area contributed by atoms with Crippen LogP contribution in [0.4, 0.5) is 0 Å². The molecular weight excluding hydrogens is 362 g/mol. The van der Waals surface area contributed by atoms with Crippen molar-refractivity contribution in [2.75, 3.05) is 0 Å². The molecule has 0 aliphatic heterocycles. The molecule has 0 radical (unpaired) electrons. The van der Waals surface area contributed by atoms with E-state index in [4.69, 9.17) is 5.26 Å². The van der Waals surface area contributed by atoms with Gasteiger partial charge < -0.3 is 10.6 Å². The van der Waals surface area contributed by atoms with E-state index >= 15 is 0 Å². The highest BCUT2D eigenvalue weighted by Crippen LogP contribution is 2.25. The first-order chi connectivity index (χ1) is 14.0. The van der Waals surface area contributed by atoms with Crippen molar-refractivity contribution in [3.8, 4) is 28.6 Å². The normalized spacial score (nSPS) is 11.8. The maximum Gasteiger partial charge on any atom is 0.252 e. The zero-order valence-electron chi connectivity index (χ0n) is 16.9. The Morgan fingerprint density at radius 1 is 1.10 bits per heavy atom. The lowest BCUT2D eigenvalue weighted by molar-refractivity contribution is 0.0948. The molecule has 0 saturated heterocycles. The van der Waals surface area contributed by atoms with Gasteiger partial charge in [-0.25, -0.2) is 0 Å². The Labute approximate surface area is 171 Å². The monoisotopic (exact) mass is 387 g/mol. The van der Waals surface area contributed by atoms with Crippen LogP contribution in [0.5, 0.6) is 0 Å². The van der Waals surface area contributed by atoms with Crippen LogP contribution in [0.15, 0.2) is 54.6 Å². The average molecular weight is 387 g/mol. The minimum absolute atomic E-state index is 0.276. The Kier molecular flexibility index (Phi) is 6.43. The molecular formula is C23H25N5O. The van der Waals surface area contributed by atoms with Crippen molar-refractivity contribution in [1.82, 2.24) is 20.8 Å². The number of nitrogens with one attached hydrogen (secondary N) is 3. The van der Waals surface area contributed by atoms with Crippen molar-refractivity contribution >= 4 is 5.91 Å². The fourth-order valence-electron chi connectivity index (χ4n) is 2.87. The third kappa shape index (κ3) is 5.31. The smallest absolute Gasteiger partial charge is 0.252 e. The first-order valence-corrected chi connectivity index (χ1v) is 9.65. The Bertz CT molecular complexity index is 1010. The lowest BCUT2D eigenvalue weighted by atomic mass is 10.1. The standard InChI is InChI=1S/C23H25N5O/c1-15(2)25-14-17-7-9-18(10-8-17)21-12-22(28-27-21)19-5-4-6-20(11-19)23(29)26-16(3)13-24/h4-12,15-16,25H,14H2,1-3H3,(H,26,29)(H,27,28)/t16-/m1/s1. The maximum atomic E-state index is 12.3. The summed E-state index contributed by atoms with van der Waals surface area (Å²) in [5.41, 5.74) is 5.28. The van der Waals surface area contributed by atoms with Crippen LogP contribution >= 0.6 is 0 Å². The number of benzene rings is 2. The molecule has 0 bridgehead atoms. The van der Waals surface area contributed by atoms with E-state index in [1.807, 2.05) is 24.3 Å². The molecule has 148 valence electrons. The molecule has 0 fully saturated rings. The Balaban J connectivity index is 1.75.